The number of carbonyl (C=O) groups is 1. The van der Waals surface area contributed by atoms with Crippen LogP contribution in [0.2, 0.25) is 0 Å². The lowest BCUT2D eigenvalue weighted by molar-refractivity contribution is -0.927. The van der Waals surface area contributed by atoms with E-state index in [2.05, 4.69) is 43.7 Å². The molecular formula is C14H21BrNO2+. The molecule has 1 rings (SSSR count). The summed E-state index contributed by atoms with van der Waals surface area (Å²) in [7, 11) is 2.10. The van der Waals surface area contributed by atoms with Gasteiger partial charge in [0, 0.05) is 4.47 Å². The molecule has 0 saturated carbocycles. The van der Waals surface area contributed by atoms with Crippen molar-refractivity contribution in [2.75, 3.05) is 20.2 Å². The van der Waals surface area contributed by atoms with Gasteiger partial charge in [0.1, 0.15) is 13.2 Å². The molecule has 0 aliphatic carbocycles. The van der Waals surface area contributed by atoms with Gasteiger partial charge in [-0.05, 0) is 39.0 Å². The van der Waals surface area contributed by atoms with Gasteiger partial charge in [-0.15, -0.1) is 0 Å². The Morgan fingerprint density at radius 3 is 2.61 bits per heavy atom. The second-order valence-electron chi connectivity index (χ2n) is 5.43. The van der Waals surface area contributed by atoms with Crippen LogP contribution in [0.25, 0.3) is 0 Å². The first-order valence-electron chi connectivity index (χ1n) is 6.06. The van der Waals surface area contributed by atoms with Crippen LogP contribution in [0.5, 0.6) is 0 Å². The van der Waals surface area contributed by atoms with Gasteiger partial charge in [0.25, 0.3) is 0 Å². The first kappa shape index (κ1) is 15.2. The number of esters is 1. The highest BCUT2D eigenvalue weighted by molar-refractivity contribution is 9.10. The lowest BCUT2D eigenvalue weighted by atomic mass is 10.1. The van der Waals surface area contributed by atoms with Crippen molar-refractivity contribution in [3.63, 3.8) is 0 Å². The maximum atomic E-state index is 11.8. The van der Waals surface area contributed by atoms with Gasteiger partial charge in [-0.25, -0.2) is 4.79 Å². The zero-order valence-electron chi connectivity index (χ0n) is 11.4. The molecule has 0 bridgehead atoms. The largest absolute Gasteiger partial charge is 0.456 e. The summed E-state index contributed by atoms with van der Waals surface area (Å²) in [6.45, 7) is 7.74. The minimum Gasteiger partial charge on any atom is -0.456 e. The van der Waals surface area contributed by atoms with Crippen LogP contribution in [0.4, 0.5) is 0 Å². The normalized spacial score (nSPS) is 13.2. The number of hydrogen-bond donors (Lipinski definition) is 1. The smallest absolute Gasteiger partial charge is 0.338 e. The number of benzene rings is 1. The second kappa shape index (κ2) is 6.34. The van der Waals surface area contributed by atoms with Crippen LogP contribution >= 0.6 is 15.9 Å². The van der Waals surface area contributed by atoms with E-state index in [9.17, 15) is 4.79 Å². The third kappa shape index (κ3) is 4.78. The van der Waals surface area contributed by atoms with Crippen LogP contribution < -0.4 is 4.90 Å². The molecule has 3 nitrogen and oxygen atoms in total. The monoisotopic (exact) mass is 314 g/mol. The van der Waals surface area contributed by atoms with Gasteiger partial charge in [0.2, 0.25) is 0 Å². The quantitative estimate of drug-likeness (QED) is 0.861. The summed E-state index contributed by atoms with van der Waals surface area (Å²) < 4.78 is 6.15. The van der Waals surface area contributed by atoms with E-state index in [0.717, 1.165) is 11.0 Å². The summed E-state index contributed by atoms with van der Waals surface area (Å²) in [5, 5.41) is 0. The Kier molecular flexibility index (Phi) is 5.35. The molecule has 0 aliphatic heterocycles. The molecule has 100 valence electrons. The van der Waals surface area contributed by atoms with E-state index >= 15 is 0 Å². The minimum atomic E-state index is -0.266. The van der Waals surface area contributed by atoms with E-state index < -0.39 is 0 Å². The van der Waals surface area contributed by atoms with Crippen molar-refractivity contribution in [3.8, 4) is 0 Å². The number of nitrogens with one attached hydrogen (secondary N) is 1. The summed E-state index contributed by atoms with van der Waals surface area (Å²) in [6, 6.07) is 7.23. The second-order valence-corrected chi connectivity index (χ2v) is 6.34. The van der Waals surface area contributed by atoms with E-state index in [1.807, 2.05) is 12.1 Å². The standard InChI is InChI=1S/C14H20BrNO2/c1-14(2,3)16(4)8-9-18-13(17)11-6-5-7-12(15)10-11/h5-7,10H,8-9H2,1-4H3/p+1. The Hall–Kier alpha value is -0.870. The van der Waals surface area contributed by atoms with Gasteiger partial charge in [0.15, 0.2) is 0 Å². The lowest BCUT2D eigenvalue weighted by Crippen LogP contribution is -3.16. The lowest BCUT2D eigenvalue weighted by Gasteiger charge is -2.28. The Balaban J connectivity index is 2.43. The highest BCUT2D eigenvalue weighted by Crippen LogP contribution is 2.12. The molecule has 0 saturated heterocycles. The molecule has 1 aromatic rings. The average molecular weight is 315 g/mol. The van der Waals surface area contributed by atoms with E-state index in [-0.39, 0.29) is 11.5 Å². The molecular weight excluding hydrogens is 294 g/mol. The number of hydrogen-bond acceptors (Lipinski definition) is 2. The fourth-order valence-electron chi connectivity index (χ4n) is 1.37. The van der Waals surface area contributed by atoms with Crippen LogP contribution in [0.1, 0.15) is 31.1 Å². The molecule has 1 atom stereocenters. The first-order valence-corrected chi connectivity index (χ1v) is 6.85. The van der Waals surface area contributed by atoms with Gasteiger partial charge < -0.3 is 9.64 Å². The molecule has 0 aliphatic rings. The topological polar surface area (TPSA) is 30.7 Å². The highest BCUT2D eigenvalue weighted by atomic mass is 79.9. The Labute approximate surface area is 117 Å². The molecule has 0 heterocycles. The number of carbonyl (C=O) groups excluding carboxylic acids is 1. The third-order valence-electron chi connectivity index (χ3n) is 3.05. The average Bonchev–Trinajstić information content (AvgIpc) is 2.27. The Bertz CT molecular complexity index is 413. The van der Waals surface area contributed by atoms with E-state index in [1.54, 1.807) is 12.1 Å². The van der Waals surface area contributed by atoms with Gasteiger partial charge >= 0.3 is 5.97 Å². The zero-order valence-corrected chi connectivity index (χ0v) is 13.0. The molecule has 1 aromatic carbocycles. The fourth-order valence-corrected chi connectivity index (χ4v) is 1.77. The highest BCUT2D eigenvalue weighted by Gasteiger charge is 2.20. The molecule has 0 radical (unpaired) electrons. The summed E-state index contributed by atoms with van der Waals surface area (Å²) >= 11 is 3.34. The van der Waals surface area contributed by atoms with E-state index in [0.29, 0.717) is 12.2 Å². The van der Waals surface area contributed by atoms with Gasteiger partial charge in [0.05, 0.1) is 18.2 Å². The Morgan fingerprint density at radius 2 is 2.06 bits per heavy atom. The van der Waals surface area contributed by atoms with Crippen molar-refractivity contribution in [3.05, 3.63) is 34.3 Å². The summed E-state index contributed by atoms with van der Waals surface area (Å²) in [4.78, 5) is 13.1. The van der Waals surface area contributed by atoms with Crippen molar-refractivity contribution in [1.82, 2.24) is 0 Å². The predicted molar refractivity (Wildman–Crippen MR) is 75.9 cm³/mol. The molecule has 18 heavy (non-hydrogen) atoms. The van der Waals surface area contributed by atoms with Crippen molar-refractivity contribution < 1.29 is 14.4 Å². The van der Waals surface area contributed by atoms with Crippen LogP contribution in [-0.4, -0.2) is 31.7 Å². The fraction of sp³-hybridized carbons (Fsp3) is 0.500. The first-order chi connectivity index (χ1) is 8.30. The molecule has 0 fully saturated rings. The summed E-state index contributed by atoms with van der Waals surface area (Å²) in [6.07, 6.45) is 0. The predicted octanol–water partition coefficient (Wildman–Crippen LogP) is 1.92. The SMILES string of the molecule is C[NH+](CCOC(=O)c1cccc(Br)c1)C(C)(C)C. The van der Waals surface area contributed by atoms with Crippen LogP contribution in [0.15, 0.2) is 28.7 Å². The van der Waals surface area contributed by atoms with Gasteiger partial charge in [-0.2, -0.15) is 0 Å². The number of rotatable bonds is 4. The molecule has 0 amide bonds. The van der Waals surface area contributed by atoms with Crippen molar-refractivity contribution >= 4 is 21.9 Å². The van der Waals surface area contributed by atoms with Crippen molar-refractivity contribution in [2.45, 2.75) is 26.3 Å². The number of halogens is 1. The van der Waals surface area contributed by atoms with Crippen LogP contribution in [-0.2, 0) is 4.74 Å². The van der Waals surface area contributed by atoms with E-state index in [1.165, 1.54) is 4.90 Å². The third-order valence-corrected chi connectivity index (χ3v) is 3.54. The minimum absolute atomic E-state index is 0.169. The summed E-state index contributed by atoms with van der Waals surface area (Å²) in [5.74, 6) is -0.266. The molecule has 1 N–H and O–H groups in total. The van der Waals surface area contributed by atoms with Gasteiger partial charge in [-0.3, -0.25) is 0 Å². The number of ether oxygens (including phenoxy) is 1. The molecule has 0 spiro atoms. The zero-order chi connectivity index (χ0) is 13.8. The van der Waals surface area contributed by atoms with Crippen molar-refractivity contribution in [1.29, 1.82) is 0 Å². The summed E-state index contributed by atoms with van der Waals surface area (Å²) in [5.41, 5.74) is 0.750. The molecule has 1 unspecified atom stereocenters. The van der Waals surface area contributed by atoms with Crippen LogP contribution in [0, 0.1) is 0 Å². The molecule has 4 heteroatoms. The van der Waals surface area contributed by atoms with Crippen LogP contribution in [0.3, 0.4) is 0 Å². The van der Waals surface area contributed by atoms with E-state index in [4.69, 9.17) is 4.74 Å². The Morgan fingerprint density at radius 1 is 1.39 bits per heavy atom. The maximum Gasteiger partial charge on any atom is 0.338 e. The molecule has 0 aromatic heterocycles. The van der Waals surface area contributed by atoms with Gasteiger partial charge in [-0.1, -0.05) is 22.0 Å². The maximum absolute atomic E-state index is 11.8. The number of quaternary nitrogens is 1. The number of likely N-dealkylation sites (N-methyl/N-ethyl adjacent to an activating group) is 1. The van der Waals surface area contributed by atoms with Crippen molar-refractivity contribution in [2.24, 2.45) is 0 Å².